The number of hydrogen-bond acceptors (Lipinski definition) is 2. The van der Waals surface area contributed by atoms with E-state index in [1.165, 1.54) is 11.1 Å². The third-order valence-electron chi connectivity index (χ3n) is 3.76. The van der Waals surface area contributed by atoms with Crippen LogP contribution in [-0.2, 0) is 16.6 Å². The number of benzene rings is 1. The van der Waals surface area contributed by atoms with Gasteiger partial charge in [0.05, 0.1) is 6.10 Å². The van der Waals surface area contributed by atoms with Gasteiger partial charge in [-0.05, 0) is 36.3 Å². The lowest BCUT2D eigenvalue weighted by Crippen LogP contribution is -2.29. The number of carbonyl (C=O) groups is 1. The van der Waals surface area contributed by atoms with Gasteiger partial charge in [-0.15, -0.1) is 0 Å². The van der Waals surface area contributed by atoms with Crippen molar-refractivity contribution in [1.82, 2.24) is 4.90 Å². The second-order valence-corrected chi connectivity index (χ2v) is 6.90. The molecule has 0 unspecified atom stereocenters. The standard InChI is InChI=1S/C18H29NO2/c1-14(20)12-13-19(5)17(21)11-8-15-6-9-16(10-7-15)18(2,3)4/h6-7,9-10,14,20H,8,11-13H2,1-5H3/t14-/m0/s1. The summed E-state index contributed by atoms with van der Waals surface area (Å²) >= 11 is 0. The number of nitrogens with zero attached hydrogens (tertiary/aromatic N) is 1. The zero-order chi connectivity index (χ0) is 16.0. The van der Waals surface area contributed by atoms with Crippen molar-refractivity contribution in [1.29, 1.82) is 0 Å². The van der Waals surface area contributed by atoms with Crippen molar-refractivity contribution in [2.75, 3.05) is 13.6 Å². The minimum absolute atomic E-state index is 0.135. The monoisotopic (exact) mass is 291 g/mol. The Kier molecular flexibility index (Phi) is 6.41. The highest BCUT2D eigenvalue weighted by molar-refractivity contribution is 5.76. The number of rotatable bonds is 6. The topological polar surface area (TPSA) is 40.5 Å². The van der Waals surface area contributed by atoms with Gasteiger partial charge >= 0.3 is 0 Å². The van der Waals surface area contributed by atoms with Gasteiger partial charge in [-0.2, -0.15) is 0 Å². The van der Waals surface area contributed by atoms with Crippen LogP contribution in [0.25, 0.3) is 0 Å². The molecule has 21 heavy (non-hydrogen) atoms. The molecule has 1 N–H and O–H groups in total. The first-order chi connectivity index (χ1) is 9.70. The SMILES string of the molecule is C[C@H](O)CCN(C)C(=O)CCc1ccc(C(C)(C)C)cc1. The van der Waals surface area contributed by atoms with Crippen molar-refractivity contribution in [3.63, 3.8) is 0 Å². The maximum Gasteiger partial charge on any atom is 0.222 e. The molecular weight excluding hydrogens is 262 g/mol. The molecule has 0 fully saturated rings. The quantitative estimate of drug-likeness (QED) is 0.874. The summed E-state index contributed by atoms with van der Waals surface area (Å²) in [7, 11) is 1.80. The molecule has 0 aromatic heterocycles. The summed E-state index contributed by atoms with van der Waals surface area (Å²) in [5.74, 6) is 0.135. The Labute approximate surface area is 129 Å². The molecule has 0 bridgehead atoms. The van der Waals surface area contributed by atoms with Crippen molar-refractivity contribution in [2.45, 2.75) is 58.5 Å². The number of hydrogen-bond donors (Lipinski definition) is 1. The number of aryl methyl sites for hydroxylation is 1. The van der Waals surface area contributed by atoms with Gasteiger partial charge in [0.2, 0.25) is 5.91 Å². The zero-order valence-electron chi connectivity index (χ0n) is 14.0. The highest BCUT2D eigenvalue weighted by Crippen LogP contribution is 2.22. The van der Waals surface area contributed by atoms with E-state index in [2.05, 4.69) is 45.0 Å². The summed E-state index contributed by atoms with van der Waals surface area (Å²) in [4.78, 5) is 13.7. The molecule has 0 radical (unpaired) electrons. The molecule has 0 saturated carbocycles. The lowest BCUT2D eigenvalue weighted by atomic mass is 9.86. The predicted octanol–water partition coefficient (Wildman–Crippen LogP) is 3.15. The smallest absolute Gasteiger partial charge is 0.222 e. The van der Waals surface area contributed by atoms with E-state index in [0.717, 1.165) is 6.42 Å². The van der Waals surface area contributed by atoms with Crippen molar-refractivity contribution in [3.8, 4) is 0 Å². The maximum absolute atomic E-state index is 12.0. The molecule has 3 nitrogen and oxygen atoms in total. The minimum Gasteiger partial charge on any atom is -0.393 e. The molecule has 1 rings (SSSR count). The Hall–Kier alpha value is -1.35. The highest BCUT2D eigenvalue weighted by Gasteiger charge is 2.13. The molecule has 3 heteroatoms. The molecule has 1 atom stereocenters. The molecule has 0 heterocycles. The molecule has 1 amide bonds. The van der Waals surface area contributed by atoms with Crippen LogP contribution in [0.5, 0.6) is 0 Å². The molecule has 1 aromatic rings. The predicted molar refractivity (Wildman–Crippen MR) is 87.4 cm³/mol. The van der Waals surface area contributed by atoms with Crippen LogP contribution in [0.4, 0.5) is 0 Å². The lowest BCUT2D eigenvalue weighted by Gasteiger charge is -2.20. The van der Waals surface area contributed by atoms with Crippen LogP contribution in [-0.4, -0.2) is 35.6 Å². The van der Waals surface area contributed by atoms with Crippen molar-refractivity contribution < 1.29 is 9.90 Å². The van der Waals surface area contributed by atoms with Gasteiger partial charge in [0.25, 0.3) is 0 Å². The number of aliphatic hydroxyl groups is 1. The second kappa shape index (κ2) is 7.60. The van der Waals surface area contributed by atoms with E-state index < -0.39 is 0 Å². The minimum atomic E-state index is -0.356. The molecule has 0 spiro atoms. The summed E-state index contributed by atoms with van der Waals surface area (Å²) < 4.78 is 0. The normalized spacial score (nSPS) is 13.0. The maximum atomic E-state index is 12.0. The van der Waals surface area contributed by atoms with Crippen LogP contribution >= 0.6 is 0 Å². The average Bonchev–Trinajstić information content (AvgIpc) is 2.41. The fraction of sp³-hybridized carbons (Fsp3) is 0.611. The van der Waals surface area contributed by atoms with Crippen LogP contribution in [0.15, 0.2) is 24.3 Å². The molecule has 1 aromatic carbocycles. The molecule has 0 aliphatic rings. The summed E-state index contributed by atoms with van der Waals surface area (Å²) in [5, 5.41) is 9.24. The first kappa shape index (κ1) is 17.7. The summed E-state index contributed by atoms with van der Waals surface area (Å²) in [6, 6.07) is 8.53. The van der Waals surface area contributed by atoms with Gasteiger partial charge in [-0.25, -0.2) is 0 Å². The third-order valence-corrected chi connectivity index (χ3v) is 3.76. The van der Waals surface area contributed by atoms with E-state index >= 15 is 0 Å². The largest absolute Gasteiger partial charge is 0.393 e. The molecule has 0 saturated heterocycles. The van der Waals surface area contributed by atoms with E-state index in [0.29, 0.717) is 19.4 Å². The van der Waals surface area contributed by atoms with E-state index in [9.17, 15) is 9.90 Å². The Bertz CT molecular complexity index is 443. The van der Waals surface area contributed by atoms with Crippen LogP contribution < -0.4 is 0 Å². The van der Waals surface area contributed by atoms with E-state index in [1.807, 2.05) is 0 Å². The fourth-order valence-electron chi connectivity index (χ4n) is 2.12. The summed E-state index contributed by atoms with van der Waals surface area (Å²) in [6.45, 7) is 8.95. The fourth-order valence-corrected chi connectivity index (χ4v) is 2.12. The average molecular weight is 291 g/mol. The van der Waals surface area contributed by atoms with Gasteiger partial charge in [-0.3, -0.25) is 4.79 Å². The number of carbonyl (C=O) groups excluding carboxylic acids is 1. The molecule has 0 aliphatic carbocycles. The van der Waals surface area contributed by atoms with Gasteiger partial charge in [-0.1, -0.05) is 45.0 Å². The highest BCUT2D eigenvalue weighted by atomic mass is 16.3. The number of aliphatic hydroxyl groups excluding tert-OH is 1. The van der Waals surface area contributed by atoms with Crippen LogP contribution in [0.3, 0.4) is 0 Å². The van der Waals surface area contributed by atoms with Crippen LogP contribution in [0.2, 0.25) is 0 Å². The number of amides is 1. The van der Waals surface area contributed by atoms with E-state index in [4.69, 9.17) is 0 Å². The Balaban J connectivity index is 2.46. The zero-order valence-corrected chi connectivity index (χ0v) is 14.0. The van der Waals surface area contributed by atoms with Crippen LogP contribution in [0.1, 0.15) is 51.7 Å². The van der Waals surface area contributed by atoms with Gasteiger partial charge < -0.3 is 10.0 Å². The Morgan fingerprint density at radius 1 is 1.24 bits per heavy atom. The first-order valence-electron chi connectivity index (χ1n) is 7.71. The van der Waals surface area contributed by atoms with Gasteiger partial charge in [0.15, 0.2) is 0 Å². The van der Waals surface area contributed by atoms with E-state index in [1.54, 1.807) is 18.9 Å². The Morgan fingerprint density at radius 3 is 2.29 bits per heavy atom. The van der Waals surface area contributed by atoms with Crippen molar-refractivity contribution >= 4 is 5.91 Å². The third kappa shape index (κ3) is 6.30. The molecular formula is C18H29NO2. The second-order valence-electron chi connectivity index (χ2n) is 6.90. The Morgan fingerprint density at radius 2 is 1.81 bits per heavy atom. The summed E-state index contributed by atoms with van der Waals surface area (Å²) in [5.41, 5.74) is 2.67. The van der Waals surface area contributed by atoms with Gasteiger partial charge in [0.1, 0.15) is 0 Å². The van der Waals surface area contributed by atoms with Crippen molar-refractivity contribution in [2.24, 2.45) is 0 Å². The molecule has 0 aliphatic heterocycles. The summed E-state index contributed by atoms with van der Waals surface area (Å²) in [6.07, 6.45) is 1.56. The van der Waals surface area contributed by atoms with Crippen molar-refractivity contribution in [3.05, 3.63) is 35.4 Å². The van der Waals surface area contributed by atoms with E-state index in [-0.39, 0.29) is 17.4 Å². The van der Waals surface area contributed by atoms with Gasteiger partial charge in [0, 0.05) is 20.0 Å². The first-order valence-corrected chi connectivity index (χ1v) is 7.71. The lowest BCUT2D eigenvalue weighted by molar-refractivity contribution is -0.130. The van der Waals surface area contributed by atoms with Crippen LogP contribution in [0, 0.1) is 0 Å². The molecule has 118 valence electrons.